The Hall–Kier alpha value is -1.39. The van der Waals surface area contributed by atoms with E-state index in [9.17, 15) is 10.1 Å². The zero-order valence-corrected chi connectivity index (χ0v) is 5.16. The van der Waals surface area contributed by atoms with E-state index in [1.807, 2.05) is 0 Å². The van der Waals surface area contributed by atoms with Crippen LogP contribution < -0.4 is 0 Å². The number of nitrogens with zero attached hydrogens (tertiary/aromatic N) is 3. The molecule has 54 valence electrons. The average Bonchev–Trinajstić information content (AvgIpc) is 2.24. The third-order valence-corrected chi connectivity index (χ3v) is 1.07. The smallest absolute Gasteiger partial charge is 0.342 e. The molecule has 0 aliphatic carbocycles. The fourth-order valence-corrected chi connectivity index (χ4v) is 0.517. The Bertz CT molecular complexity index is 383. The van der Waals surface area contributed by atoms with E-state index in [1.54, 1.807) is 0 Å². The Kier molecular flexibility index (Phi) is 0.656. The maximum absolute atomic E-state index is 10.4. The van der Waals surface area contributed by atoms with Crippen molar-refractivity contribution in [2.45, 2.75) is 6.85 Å². The number of nitro groups is 1. The molecule has 0 aliphatic rings. The highest BCUT2D eigenvalue weighted by molar-refractivity contribution is 5.17. The second-order valence-electron chi connectivity index (χ2n) is 1.69. The maximum Gasteiger partial charge on any atom is 0.342 e. The minimum atomic E-state index is -2.54. The van der Waals surface area contributed by atoms with E-state index in [-0.39, 0.29) is 0 Å². The van der Waals surface area contributed by atoms with Gasteiger partial charge >= 0.3 is 5.82 Å². The van der Waals surface area contributed by atoms with Gasteiger partial charge in [0.2, 0.25) is 0 Å². The molecule has 0 N–H and O–H groups in total. The fourth-order valence-electron chi connectivity index (χ4n) is 0.517. The second-order valence-corrected chi connectivity index (χ2v) is 1.69. The van der Waals surface area contributed by atoms with Gasteiger partial charge in [0.25, 0.3) is 0 Å². The third kappa shape index (κ3) is 0.854. The van der Waals surface area contributed by atoms with Crippen LogP contribution >= 0.6 is 0 Å². The molecule has 0 saturated heterocycles. The summed E-state index contributed by atoms with van der Waals surface area (Å²) in [5.41, 5.74) is 0. The second kappa shape index (κ2) is 2.09. The van der Waals surface area contributed by atoms with Crippen molar-refractivity contribution in [3.05, 3.63) is 22.1 Å². The first-order valence-electron chi connectivity index (χ1n) is 4.43. The van der Waals surface area contributed by atoms with Crippen molar-refractivity contribution in [3.63, 3.8) is 0 Å². The molecule has 1 rings (SSSR count). The van der Waals surface area contributed by atoms with Crippen LogP contribution in [-0.2, 0) is 7.05 Å². The summed E-state index contributed by atoms with van der Waals surface area (Å²) in [6.07, 6.45) is -0.636. The Balaban J connectivity index is 3.39. The van der Waals surface area contributed by atoms with Crippen LogP contribution in [0, 0.1) is 17.0 Å². The maximum atomic E-state index is 10.4. The normalized spacial score (nSPS) is 16.9. The Labute approximate surface area is 63.1 Å². The average molecular weight is 145 g/mol. The van der Waals surface area contributed by atoms with Crippen LogP contribution in [0.5, 0.6) is 0 Å². The lowest BCUT2D eigenvalue weighted by Gasteiger charge is -1.92. The van der Waals surface area contributed by atoms with Crippen LogP contribution in [0.15, 0.2) is 6.17 Å². The van der Waals surface area contributed by atoms with Gasteiger partial charge in [-0.2, -0.15) is 0 Å². The van der Waals surface area contributed by atoms with E-state index < -0.39 is 29.6 Å². The molecule has 5 heteroatoms. The van der Waals surface area contributed by atoms with E-state index in [0.29, 0.717) is 0 Å². The zero-order chi connectivity index (χ0) is 11.1. The molecule has 0 bridgehead atoms. The Morgan fingerprint density at radius 3 is 3.10 bits per heavy atom. The first-order valence-corrected chi connectivity index (χ1v) is 2.43. The van der Waals surface area contributed by atoms with E-state index in [4.69, 9.17) is 5.48 Å². The molecule has 5 nitrogen and oxygen atoms in total. The summed E-state index contributed by atoms with van der Waals surface area (Å²) in [5.74, 6) is -1.06. The van der Waals surface area contributed by atoms with Gasteiger partial charge in [-0.3, -0.25) is 0 Å². The molecule has 0 aliphatic heterocycles. The van der Waals surface area contributed by atoms with Crippen molar-refractivity contribution in [3.8, 4) is 0 Å². The summed E-state index contributed by atoms with van der Waals surface area (Å²) < 4.78 is 28.9. The van der Waals surface area contributed by atoms with Crippen LogP contribution in [0.1, 0.15) is 11.3 Å². The molecule has 1 aromatic heterocycles. The van der Waals surface area contributed by atoms with Crippen molar-refractivity contribution < 1.29 is 10.4 Å². The van der Waals surface area contributed by atoms with Crippen molar-refractivity contribution in [1.29, 1.82) is 0 Å². The van der Waals surface area contributed by atoms with Gasteiger partial charge in [-0.05, 0) is 4.92 Å². The quantitative estimate of drug-likeness (QED) is 0.430. The minimum absolute atomic E-state index is 0.450. The monoisotopic (exact) mass is 145 g/mol. The molecule has 0 unspecified atom stereocenters. The zero-order valence-electron chi connectivity index (χ0n) is 9.16. The van der Waals surface area contributed by atoms with Gasteiger partial charge in [0.1, 0.15) is 6.17 Å². The van der Waals surface area contributed by atoms with Gasteiger partial charge in [-0.15, -0.1) is 0 Å². The van der Waals surface area contributed by atoms with Crippen LogP contribution in [0.4, 0.5) is 5.82 Å². The fraction of sp³-hybridized carbons (Fsp3) is 0.400. The van der Waals surface area contributed by atoms with Crippen LogP contribution in [-0.4, -0.2) is 14.5 Å². The number of aromatic nitrogens is 2. The van der Waals surface area contributed by atoms with E-state index in [0.717, 1.165) is 4.57 Å². The van der Waals surface area contributed by atoms with E-state index >= 15 is 0 Å². The molecule has 1 aromatic rings. The van der Waals surface area contributed by atoms with Crippen molar-refractivity contribution in [2.24, 2.45) is 7.05 Å². The molecule has 0 amide bonds. The topological polar surface area (TPSA) is 61.0 Å². The largest absolute Gasteiger partial charge is 0.358 e. The predicted molar refractivity (Wildman–Crippen MR) is 34.6 cm³/mol. The summed E-state index contributed by atoms with van der Waals surface area (Å²) in [5, 5.41) is 10.4. The molecule has 0 atom stereocenters. The van der Waals surface area contributed by atoms with Crippen molar-refractivity contribution in [2.75, 3.05) is 0 Å². The Morgan fingerprint density at radius 1 is 2.10 bits per heavy atom. The van der Waals surface area contributed by atoms with Crippen LogP contribution in [0.25, 0.3) is 0 Å². The van der Waals surface area contributed by atoms with Gasteiger partial charge in [-0.25, -0.2) is 9.55 Å². The van der Waals surface area contributed by atoms with Gasteiger partial charge < -0.3 is 10.1 Å². The molecule has 0 saturated carbocycles. The van der Waals surface area contributed by atoms with Crippen molar-refractivity contribution >= 4 is 5.82 Å². The lowest BCUT2D eigenvalue weighted by molar-refractivity contribution is -0.391. The van der Waals surface area contributed by atoms with Gasteiger partial charge in [0.15, 0.2) is 5.82 Å². The molecular weight excluding hydrogens is 134 g/mol. The van der Waals surface area contributed by atoms with Gasteiger partial charge in [0.05, 0.1) is 8.42 Å². The highest BCUT2D eigenvalue weighted by Gasteiger charge is 2.11. The molecule has 0 radical (unpaired) electrons. The summed E-state index contributed by atoms with van der Waals surface area (Å²) in [6, 6.07) is 0. The number of rotatable bonds is 1. The number of hydrogen-bond acceptors (Lipinski definition) is 3. The van der Waals surface area contributed by atoms with Gasteiger partial charge in [-0.1, -0.05) is 0 Å². The summed E-state index contributed by atoms with van der Waals surface area (Å²) in [4.78, 5) is 12.9. The van der Waals surface area contributed by atoms with Gasteiger partial charge in [0, 0.05) is 11.0 Å². The lowest BCUT2D eigenvalue weighted by Crippen LogP contribution is -1.97. The summed E-state index contributed by atoms with van der Waals surface area (Å²) in [6.45, 7) is -2.54. The number of hydrogen-bond donors (Lipinski definition) is 0. The first kappa shape index (κ1) is 3.14. The SMILES string of the molecule is [2H]c1nc(C([2H])([2H])[2H])n(C)c1[N+](=O)[O-]. The standard InChI is InChI=1S/C5H7N3O2/c1-4-6-3-5(7(4)2)8(9)10/h3H,1-2H3/i1D3,3D. The lowest BCUT2D eigenvalue weighted by atomic mass is 10.7. The molecule has 10 heavy (non-hydrogen) atoms. The van der Waals surface area contributed by atoms with Crippen molar-refractivity contribution in [1.82, 2.24) is 9.55 Å². The molecule has 1 heterocycles. The molecule has 0 spiro atoms. The Morgan fingerprint density at radius 2 is 2.80 bits per heavy atom. The predicted octanol–water partition coefficient (Wildman–Crippen LogP) is 0.637. The number of aryl methyl sites for hydroxylation is 1. The highest BCUT2D eigenvalue weighted by atomic mass is 16.6. The van der Waals surface area contributed by atoms with E-state index in [2.05, 4.69) is 4.98 Å². The first-order chi connectivity index (χ1) is 6.25. The molecule has 0 fully saturated rings. The summed E-state index contributed by atoms with van der Waals surface area (Å²) in [7, 11) is 1.20. The van der Waals surface area contributed by atoms with E-state index in [1.165, 1.54) is 7.05 Å². The van der Waals surface area contributed by atoms with Crippen LogP contribution in [0.3, 0.4) is 0 Å². The van der Waals surface area contributed by atoms with Crippen LogP contribution in [0.2, 0.25) is 0 Å². The molecular formula is C5H7N3O2. The number of imidazole rings is 1. The third-order valence-electron chi connectivity index (χ3n) is 1.07. The molecule has 0 aromatic carbocycles. The highest BCUT2D eigenvalue weighted by Crippen LogP contribution is 2.09. The summed E-state index contributed by atoms with van der Waals surface area (Å²) >= 11 is 0. The minimum Gasteiger partial charge on any atom is -0.358 e.